The number of esters is 1. The lowest BCUT2D eigenvalue weighted by Gasteiger charge is -2.08. The van der Waals surface area contributed by atoms with Gasteiger partial charge in [0.05, 0.1) is 14.2 Å². The third-order valence-corrected chi connectivity index (χ3v) is 3.73. The second-order valence-corrected chi connectivity index (χ2v) is 4.98. The van der Waals surface area contributed by atoms with Crippen LogP contribution < -0.4 is 10.5 Å². The number of rotatable bonds is 3. The molecule has 0 spiro atoms. The van der Waals surface area contributed by atoms with Gasteiger partial charge in [-0.1, -0.05) is 6.07 Å². The fourth-order valence-electron chi connectivity index (χ4n) is 1.94. The largest absolute Gasteiger partial charge is 0.496 e. The van der Waals surface area contributed by atoms with Gasteiger partial charge < -0.3 is 15.2 Å². The summed E-state index contributed by atoms with van der Waals surface area (Å²) in [6.45, 7) is 1.95. The number of nitrogens with two attached hydrogens (primary N) is 1. The summed E-state index contributed by atoms with van der Waals surface area (Å²) in [6, 6.07) is 5.74. The molecular formula is C14H15NO3S. The zero-order valence-electron chi connectivity index (χ0n) is 11.0. The van der Waals surface area contributed by atoms with Gasteiger partial charge in [0.25, 0.3) is 0 Å². The number of nitrogen functional groups attached to an aromatic ring is 1. The molecule has 4 nitrogen and oxygen atoms in total. The molecule has 0 atom stereocenters. The number of thiophene rings is 1. The smallest absolute Gasteiger partial charge is 0.341 e. The van der Waals surface area contributed by atoms with Crippen molar-refractivity contribution in [2.24, 2.45) is 0 Å². The third kappa shape index (κ3) is 2.42. The number of hydrogen-bond donors (Lipinski definition) is 1. The van der Waals surface area contributed by atoms with Gasteiger partial charge in [-0.25, -0.2) is 4.79 Å². The molecule has 2 rings (SSSR count). The summed E-state index contributed by atoms with van der Waals surface area (Å²) < 4.78 is 10.0. The molecule has 0 aliphatic carbocycles. The summed E-state index contributed by atoms with van der Waals surface area (Å²) in [5, 5.41) is 2.33. The number of aryl methyl sites for hydroxylation is 1. The molecule has 0 aliphatic rings. The van der Waals surface area contributed by atoms with Crippen LogP contribution in [-0.2, 0) is 4.74 Å². The number of benzene rings is 1. The van der Waals surface area contributed by atoms with Gasteiger partial charge in [-0.3, -0.25) is 0 Å². The first-order valence-electron chi connectivity index (χ1n) is 5.68. The van der Waals surface area contributed by atoms with Crippen molar-refractivity contribution in [1.29, 1.82) is 0 Å². The Morgan fingerprint density at radius 1 is 1.32 bits per heavy atom. The van der Waals surface area contributed by atoms with E-state index in [2.05, 4.69) is 0 Å². The van der Waals surface area contributed by atoms with Crippen LogP contribution in [0.15, 0.2) is 23.6 Å². The molecule has 1 heterocycles. The number of anilines is 1. The van der Waals surface area contributed by atoms with E-state index in [1.807, 2.05) is 30.5 Å². The average Bonchev–Trinajstić information content (AvgIpc) is 2.79. The van der Waals surface area contributed by atoms with Crippen LogP contribution in [0.2, 0.25) is 0 Å². The maximum Gasteiger partial charge on any atom is 0.341 e. The topological polar surface area (TPSA) is 61.5 Å². The highest BCUT2D eigenvalue weighted by molar-refractivity contribution is 7.14. The number of hydrogen-bond acceptors (Lipinski definition) is 5. The molecule has 2 N–H and O–H groups in total. The van der Waals surface area contributed by atoms with Crippen LogP contribution in [0.3, 0.4) is 0 Å². The maximum atomic E-state index is 11.8. The lowest BCUT2D eigenvalue weighted by Crippen LogP contribution is -2.04. The van der Waals surface area contributed by atoms with E-state index < -0.39 is 5.97 Å². The maximum absolute atomic E-state index is 11.8. The molecule has 0 saturated heterocycles. The molecule has 0 fully saturated rings. The van der Waals surface area contributed by atoms with Crippen molar-refractivity contribution >= 4 is 22.3 Å². The van der Waals surface area contributed by atoms with Gasteiger partial charge in [0.1, 0.15) is 16.3 Å². The Hall–Kier alpha value is -2.01. The number of ether oxygens (including phenoxy) is 2. The molecule has 0 saturated carbocycles. The SMILES string of the molecule is COC(=O)c1c(-c2ccc(OC)c(C)c2)csc1N. The van der Waals surface area contributed by atoms with Crippen LogP contribution in [0.1, 0.15) is 15.9 Å². The van der Waals surface area contributed by atoms with Crippen molar-refractivity contribution in [2.45, 2.75) is 6.92 Å². The molecule has 0 amide bonds. The number of methoxy groups -OCH3 is 2. The summed E-state index contributed by atoms with van der Waals surface area (Å²) in [6.07, 6.45) is 0. The van der Waals surface area contributed by atoms with Crippen molar-refractivity contribution in [3.05, 3.63) is 34.7 Å². The van der Waals surface area contributed by atoms with E-state index in [1.54, 1.807) is 7.11 Å². The molecule has 0 bridgehead atoms. The van der Waals surface area contributed by atoms with Crippen molar-refractivity contribution in [3.8, 4) is 16.9 Å². The second kappa shape index (κ2) is 5.32. The van der Waals surface area contributed by atoms with Crippen LogP contribution in [0.5, 0.6) is 5.75 Å². The fourth-order valence-corrected chi connectivity index (χ4v) is 2.75. The summed E-state index contributed by atoms with van der Waals surface area (Å²) >= 11 is 1.33. The van der Waals surface area contributed by atoms with E-state index in [1.165, 1.54) is 18.4 Å². The van der Waals surface area contributed by atoms with Crippen molar-refractivity contribution in [2.75, 3.05) is 20.0 Å². The Balaban J connectivity index is 2.53. The first-order valence-corrected chi connectivity index (χ1v) is 6.56. The van der Waals surface area contributed by atoms with Gasteiger partial charge in [0, 0.05) is 10.9 Å². The zero-order chi connectivity index (χ0) is 14.0. The van der Waals surface area contributed by atoms with E-state index in [9.17, 15) is 4.79 Å². The standard InChI is InChI=1S/C14H15NO3S/c1-8-6-9(4-5-11(8)17-2)10-7-19-13(15)12(10)14(16)18-3/h4-7H,15H2,1-3H3. The summed E-state index contributed by atoms with van der Waals surface area (Å²) in [4.78, 5) is 11.8. The number of carbonyl (C=O) groups is 1. The third-order valence-electron chi connectivity index (χ3n) is 2.91. The Morgan fingerprint density at radius 3 is 2.63 bits per heavy atom. The fraction of sp³-hybridized carbons (Fsp3) is 0.214. The summed E-state index contributed by atoms with van der Waals surface area (Å²) in [7, 11) is 2.98. The van der Waals surface area contributed by atoms with Crippen LogP contribution >= 0.6 is 11.3 Å². The van der Waals surface area contributed by atoms with Crippen LogP contribution in [0, 0.1) is 6.92 Å². The van der Waals surface area contributed by atoms with Crippen molar-refractivity contribution < 1.29 is 14.3 Å². The molecule has 100 valence electrons. The van der Waals surface area contributed by atoms with E-state index in [0.29, 0.717) is 10.6 Å². The summed E-state index contributed by atoms with van der Waals surface area (Å²) in [5.41, 5.74) is 8.99. The molecule has 2 aromatic rings. The highest BCUT2D eigenvalue weighted by atomic mass is 32.1. The van der Waals surface area contributed by atoms with E-state index in [-0.39, 0.29) is 0 Å². The average molecular weight is 277 g/mol. The van der Waals surface area contributed by atoms with Gasteiger partial charge in [-0.15, -0.1) is 11.3 Å². The van der Waals surface area contributed by atoms with Gasteiger partial charge in [-0.05, 0) is 30.2 Å². The van der Waals surface area contributed by atoms with Crippen molar-refractivity contribution in [3.63, 3.8) is 0 Å². The van der Waals surface area contributed by atoms with Crippen LogP contribution in [-0.4, -0.2) is 20.2 Å². The van der Waals surface area contributed by atoms with E-state index in [0.717, 1.165) is 22.4 Å². The van der Waals surface area contributed by atoms with Crippen LogP contribution in [0.25, 0.3) is 11.1 Å². The minimum absolute atomic E-state index is 0.415. The monoisotopic (exact) mass is 277 g/mol. The van der Waals surface area contributed by atoms with Gasteiger partial charge in [0.15, 0.2) is 0 Å². The van der Waals surface area contributed by atoms with Gasteiger partial charge >= 0.3 is 5.97 Å². The highest BCUT2D eigenvalue weighted by Crippen LogP contribution is 2.35. The second-order valence-electron chi connectivity index (χ2n) is 4.06. The Labute approximate surface area is 115 Å². The normalized spacial score (nSPS) is 10.3. The quantitative estimate of drug-likeness (QED) is 0.876. The molecule has 0 aliphatic heterocycles. The predicted octanol–water partition coefficient (Wildman–Crippen LogP) is 3.10. The zero-order valence-corrected chi connectivity index (χ0v) is 11.8. The first kappa shape index (κ1) is 13.4. The molecule has 0 radical (unpaired) electrons. The van der Waals surface area contributed by atoms with E-state index >= 15 is 0 Å². The van der Waals surface area contributed by atoms with Crippen molar-refractivity contribution in [1.82, 2.24) is 0 Å². The molecule has 0 unspecified atom stereocenters. The molecule has 1 aromatic carbocycles. The molecular weight excluding hydrogens is 262 g/mol. The Kier molecular flexibility index (Phi) is 3.76. The van der Waals surface area contributed by atoms with Crippen LogP contribution in [0.4, 0.5) is 5.00 Å². The molecule has 19 heavy (non-hydrogen) atoms. The number of carbonyl (C=O) groups excluding carboxylic acids is 1. The lowest BCUT2D eigenvalue weighted by atomic mass is 10.0. The van der Waals surface area contributed by atoms with E-state index in [4.69, 9.17) is 15.2 Å². The predicted molar refractivity (Wildman–Crippen MR) is 76.8 cm³/mol. The Morgan fingerprint density at radius 2 is 2.05 bits per heavy atom. The van der Waals surface area contributed by atoms with Gasteiger partial charge in [-0.2, -0.15) is 0 Å². The molecule has 5 heteroatoms. The van der Waals surface area contributed by atoms with Gasteiger partial charge in [0.2, 0.25) is 0 Å². The highest BCUT2D eigenvalue weighted by Gasteiger charge is 2.19. The Bertz CT molecular complexity index is 619. The minimum Gasteiger partial charge on any atom is -0.496 e. The first-order chi connectivity index (χ1) is 9.08. The molecule has 1 aromatic heterocycles. The lowest BCUT2D eigenvalue weighted by molar-refractivity contribution is 0.0603. The summed E-state index contributed by atoms with van der Waals surface area (Å²) in [5.74, 6) is 0.397. The minimum atomic E-state index is -0.415.